The number of benzene rings is 1. The normalized spacial score (nSPS) is 24.7. The van der Waals surface area contributed by atoms with E-state index < -0.39 is 12.0 Å². The maximum atomic E-state index is 12.5. The van der Waals surface area contributed by atoms with Gasteiger partial charge in [-0.25, -0.2) is 4.79 Å². The zero-order valence-corrected chi connectivity index (χ0v) is 12.1. The molecule has 1 aromatic carbocycles. The van der Waals surface area contributed by atoms with Crippen molar-refractivity contribution >= 4 is 11.9 Å². The van der Waals surface area contributed by atoms with E-state index in [0.717, 1.165) is 25.7 Å². The van der Waals surface area contributed by atoms with E-state index in [-0.39, 0.29) is 11.8 Å². The number of amides is 1. The summed E-state index contributed by atoms with van der Waals surface area (Å²) in [7, 11) is 0. The number of carboxylic acids is 1. The zero-order valence-electron chi connectivity index (χ0n) is 12.1. The van der Waals surface area contributed by atoms with Gasteiger partial charge in [0, 0.05) is 13.0 Å². The van der Waals surface area contributed by atoms with Crippen LogP contribution in [0.4, 0.5) is 0 Å². The van der Waals surface area contributed by atoms with Gasteiger partial charge < -0.3 is 10.0 Å². The molecule has 1 heterocycles. The molecule has 1 saturated heterocycles. The van der Waals surface area contributed by atoms with E-state index in [9.17, 15) is 14.7 Å². The largest absolute Gasteiger partial charge is 0.480 e. The summed E-state index contributed by atoms with van der Waals surface area (Å²) in [4.78, 5) is 25.3. The molecule has 1 aliphatic heterocycles. The first-order valence-electron chi connectivity index (χ1n) is 7.77. The van der Waals surface area contributed by atoms with E-state index in [4.69, 9.17) is 0 Å². The lowest BCUT2D eigenvalue weighted by molar-refractivity contribution is -0.148. The Labute approximate surface area is 124 Å². The van der Waals surface area contributed by atoms with Gasteiger partial charge in [0.2, 0.25) is 5.91 Å². The summed E-state index contributed by atoms with van der Waals surface area (Å²) in [5, 5.41) is 9.20. The van der Waals surface area contributed by atoms with Gasteiger partial charge in [-0.15, -0.1) is 0 Å². The first kappa shape index (κ1) is 14.1. The standard InChI is InChI=1S/C17H21NO3/c19-16(18-10-4-9-15(18)17(20)21)11-13-7-3-6-12-5-1-2-8-14(12)13/h1-2,5,8,13,15H,3-4,6-7,9-11H2,(H,20,21)/t13?,15-/m0/s1. The SMILES string of the molecule is O=C(O)[C@@H]1CCCN1C(=O)CC1CCCc2ccccc21. The van der Waals surface area contributed by atoms with Crippen LogP contribution in [0, 0.1) is 0 Å². The number of carbonyl (C=O) groups excluding carboxylic acids is 1. The molecule has 0 spiro atoms. The molecule has 2 atom stereocenters. The van der Waals surface area contributed by atoms with E-state index in [1.165, 1.54) is 11.1 Å². The second-order valence-electron chi connectivity index (χ2n) is 6.08. The molecule has 1 aliphatic carbocycles. The van der Waals surface area contributed by atoms with E-state index in [1.54, 1.807) is 4.90 Å². The van der Waals surface area contributed by atoms with E-state index in [0.29, 0.717) is 19.4 Å². The molecule has 4 nitrogen and oxygen atoms in total. The molecule has 3 rings (SSSR count). The monoisotopic (exact) mass is 287 g/mol. The summed E-state index contributed by atoms with van der Waals surface area (Å²) in [6.07, 6.45) is 5.04. The fraction of sp³-hybridized carbons (Fsp3) is 0.529. The Morgan fingerprint density at radius 2 is 2.00 bits per heavy atom. The Kier molecular flexibility index (Phi) is 3.95. The van der Waals surface area contributed by atoms with Gasteiger partial charge in [-0.05, 0) is 49.1 Å². The van der Waals surface area contributed by atoms with Crippen molar-refractivity contribution in [1.82, 2.24) is 4.90 Å². The van der Waals surface area contributed by atoms with Crippen LogP contribution in [0.15, 0.2) is 24.3 Å². The van der Waals surface area contributed by atoms with Crippen molar-refractivity contribution in [3.63, 3.8) is 0 Å². The molecule has 0 bridgehead atoms. The first-order valence-corrected chi connectivity index (χ1v) is 7.77. The van der Waals surface area contributed by atoms with Crippen molar-refractivity contribution in [1.29, 1.82) is 0 Å². The second-order valence-corrected chi connectivity index (χ2v) is 6.08. The van der Waals surface area contributed by atoms with Gasteiger partial charge in [0.15, 0.2) is 0 Å². The molecular formula is C17H21NO3. The van der Waals surface area contributed by atoms with Gasteiger partial charge >= 0.3 is 5.97 Å². The van der Waals surface area contributed by atoms with Crippen LogP contribution in [0.5, 0.6) is 0 Å². The molecule has 4 heteroatoms. The van der Waals surface area contributed by atoms with Crippen molar-refractivity contribution in [2.45, 2.75) is 50.5 Å². The summed E-state index contributed by atoms with van der Waals surface area (Å²) in [5.41, 5.74) is 2.63. The maximum absolute atomic E-state index is 12.5. The predicted molar refractivity (Wildman–Crippen MR) is 79.1 cm³/mol. The molecule has 0 saturated carbocycles. The number of rotatable bonds is 3. The third-order valence-corrected chi connectivity index (χ3v) is 4.77. The van der Waals surface area contributed by atoms with Gasteiger partial charge in [0.1, 0.15) is 6.04 Å². The van der Waals surface area contributed by atoms with Crippen LogP contribution >= 0.6 is 0 Å². The van der Waals surface area contributed by atoms with Gasteiger partial charge in [-0.3, -0.25) is 4.79 Å². The number of hydrogen-bond acceptors (Lipinski definition) is 2. The van der Waals surface area contributed by atoms with Crippen LogP contribution in [0.2, 0.25) is 0 Å². The number of carboxylic acid groups (broad SMARTS) is 1. The number of nitrogens with zero attached hydrogens (tertiary/aromatic N) is 1. The van der Waals surface area contributed by atoms with Crippen LogP contribution < -0.4 is 0 Å². The van der Waals surface area contributed by atoms with Crippen molar-refractivity contribution < 1.29 is 14.7 Å². The maximum Gasteiger partial charge on any atom is 0.326 e. The highest BCUT2D eigenvalue weighted by Crippen LogP contribution is 2.34. The lowest BCUT2D eigenvalue weighted by atomic mass is 9.81. The smallest absolute Gasteiger partial charge is 0.326 e. The average molecular weight is 287 g/mol. The van der Waals surface area contributed by atoms with Crippen molar-refractivity contribution in [2.75, 3.05) is 6.54 Å². The van der Waals surface area contributed by atoms with Crippen molar-refractivity contribution in [3.05, 3.63) is 35.4 Å². The minimum Gasteiger partial charge on any atom is -0.480 e. The van der Waals surface area contributed by atoms with Crippen LogP contribution in [-0.2, 0) is 16.0 Å². The number of fused-ring (bicyclic) bond motifs is 1. The summed E-state index contributed by atoms with van der Waals surface area (Å²) >= 11 is 0. The summed E-state index contributed by atoms with van der Waals surface area (Å²) in [6, 6.07) is 7.71. The number of likely N-dealkylation sites (tertiary alicyclic amines) is 1. The van der Waals surface area contributed by atoms with Crippen molar-refractivity contribution in [3.8, 4) is 0 Å². The number of hydrogen-bond donors (Lipinski definition) is 1. The molecule has 0 aromatic heterocycles. The Morgan fingerprint density at radius 3 is 2.81 bits per heavy atom. The Morgan fingerprint density at radius 1 is 1.19 bits per heavy atom. The van der Waals surface area contributed by atoms with E-state index >= 15 is 0 Å². The molecule has 1 aromatic rings. The highest BCUT2D eigenvalue weighted by Gasteiger charge is 2.35. The number of aliphatic carboxylic acids is 1. The molecule has 1 fully saturated rings. The summed E-state index contributed by atoms with van der Waals surface area (Å²) in [5.74, 6) is -0.621. The summed E-state index contributed by atoms with van der Waals surface area (Å²) < 4.78 is 0. The van der Waals surface area contributed by atoms with Gasteiger partial charge in [0.25, 0.3) is 0 Å². The second kappa shape index (κ2) is 5.88. The predicted octanol–water partition coefficient (Wildman–Crippen LogP) is 2.57. The van der Waals surface area contributed by atoms with Gasteiger partial charge in [0.05, 0.1) is 0 Å². The van der Waals surface area contributed by atoms with Crippen LogP contribution in [0.1, 0.15) is 49.1 Å². The van der Waals surface area contributed by atoms with Crippen molar-refractivity contribution in [2.24, 2.45) is 0 Å². The molecule has 0 radical (unpaired) electrons. The summed E-state index contributed by atoms with van der Waals surface area (Å²) in [6.45, 7) is 0.587. The minimum absolute atomic E-state index is 0.00148. The number of aryl methyl sites for hydroxylation is 1. The van der Waals surface area contributed by atoms with E-state index in [2.05, 4.69) is 12.1 Å². The Bertz CT molecular complexity index is 555. The topological polar surface area (TPSA) is 57.6 Å². The third kappa shape index (κ3) is 2.80. The molecule has 1 amide bonds. The molecule has 1 unspecified atom stereocenters. The highest BCUT2D eigenvalue weighted by molar-refractivity contribution is 5.84. The molecule has 1 N–H and O–H groups in total. The van der Waals surface area contributed by atoms with Crippen LogP contribution in [0.25, 0.3) is 0 Å². The lowest BCUT2D eigenvalue weighted by Crippen LogP contribution is -2.41. The Balaban J connectivity index is 1.73. The molecular weight excluding hydrogens is 266 g/mol. The van der Waals surface area contributed by atoms with Crippen LogP contribution in [-0.4, -0.2) is 34.5 Å². The Hall–Kier alpha value is -1.84. The van der Waals surface area contributed by atoms with E-state index in [1.807, 2.05) is 12.1 Å². The molecule has 21 heavy (non-hydrogen) atoms. The zero-order chi connectivity index (χ0) is 14.8. The first-order chi connectivity index (χ1) is 10.2. The average Bonchev–Trinajstić information content (AvgIpc) is 2.97. The highest BCUT2D eigenvalue weighted by atomic mass is 16.4. The quantitative estimate of drug-likeness (QED) is 0.929. The molecule has 2 aliphatic rings. The molecule has 112 valence electrons. The van der Waals surface area contributed by atoms with Gasteiger partial charge in [-0.1, -0.05) is 24.3 Å². The minimum atomic E-state index is -0.870. The number of carbonyl (C=O) groups is 2. The fourth-order valence-electron chi connectivity index (χ4n) is 3.72. The van der Waals surface area contributed by atoms with Gasteiger partial charge in [-0.2, -0.15) is 0 Å². The third-order valence-electron chi connectivity index (χ3n) is 4.77. The lowest BCUT2D eigenvalue weighted by Gasteiger charge is -2.28. The fourth-order valence-corrected chi connectivity index (χ4v) is 3.72. The van der Waals surface area contributed by atoms with Crippen LogP contribution in [0.3, 0.4) is 0 Å².